The highest BCUT2D eigenvalue weighted by Gasteiger charge is 2.04. The maximum atomic E-state index is 11.8. The third-order valence-corrected chi connectivity index (χ3v) is 3.27. The molecule has 0 spiro atoms. The van der Waals surface area contributed by atoms with E-state index in [9.17, 15) is 4.79 Å². The minimum atomic E-state index is -0.0993. The molecule has 0 unspecified atom stereocenters. The van der Waals surface area contributed by atoms with Crippen LogP contribution in [0.2, 0.25) is 5.02 Å². The Kier molecular flexibility index (Phi) is 5.46. The lowest BCUT2D eigenvalue weighted by Gasteiger charge is -2.09. The van der Waals surface area contributed by atoms with Crippen LogP contribution in [-0.2, 0) is 11.3 Å². The standard InChI is InChI=1S/C16H17ClN2O2/c1-21-13-6-4-5-12(9-13)10-19-16(20)11-18-15-8-3-2-7-14(15)17/h2-9,18H,10-11H2,1H3,(H,19,20). The largest absolute Gasteiger partial charge is 0.497 e. The minimum Gasteiger partial charge on any atom is -0.497 e. The van der Waals surface area contributed by atoms with Gasteiger partial charge in [-0.15, -0.1) is 0 Å². The summed E-state index contributed by atoms with van der Waals surface area (Å²) in [6.07, 6.45) is 0. The van der Waals surface area contributed by atoms with E-state index in [1.165, 1.54) is 0 Å². The Bertz CT molecular complexity index is 617. The number of hydrogen-bond donors (Lipinski definition) is 2. The molecule has 1 amide bonds. The van der Waals surface area contributed by atoms with Crippen LogP contribution in [-0.4, -0.2) is 19.6 Å². The molecule has 0 aliphatic heterocycles. The number of anilines is 1. The highest BCUT2D eigenvalue weighted by molar-refractivity contribution is 6.33. The molecule has 5 heteroatoms. The Balaban J connectivity index is 1.81. The predicted molar refractivity (Wildman–Crippen MR) is 84.8 cm³/mol. The van der Waals surface area contributed by atoms with Crippen LogP contribution < -0.4 is 15.4 Å². The third kappa shape index (κ3) is 4.68. The first-order chi connectivity index (χ1) is 10.2. The van der Waals surface area contributed by atoms with Crippen molar-refractivity contribution in [2.75, 3.05) is 19.0 Å². The molecule has 0 bridgehead atoms. The van der Waals surface area contributed by atoms with E-state index in [1.54, 1.807) is 13.2 Å². The lowest BCUT2D eigenvalue weighted by atomic mass is 10.2. The zero-order chi connectivity index (χ0) is 15.1. The number of benzene rings is 2. The van der Waals surface area contributed by atoms with Gasteiger partial charge in [-0.05, 0) is 29.8 Å². The molecule has 0 fully saturated rings. The van der Waals surface area contributed by atoms with Gasteiger partial charge >= 0.3 is 0 Å². The third-order valence-electron chi connectivity index (χ3n) is 2.94. The first-order valence-electron chi connectivity index (χ1n) is 6.57. The lowest BCUT2D eigenvalue weighted by Crippen LogP contribution is -2.29. The van der Waals surface area contributed by atoms with Crippen LogP contribution in [0.15, 0.2) is 48.5 Å². The van der Waals surface area contributed by atoms with Crippen molar-refractivity contribution in [3.05, 3.63) is 59.1 Å². The smallest absolute Gasteiger partial charge is 0.239 e. The van der Waals surface area contributed by atoms with Crippen molar-refractivity contribution in [3.63, 3.8) is 0 Å². The average molecular weight is 305 g/mol. The number of halogens is 1. The average Bonchev–Trinajstić information content (AvgIpc) is 2.52. The molecule has 0 aromatic heterocycles. The quantitative estimate of drug-likeness (QED) is 0.862. The molecule has 2 N–H and O–H groups in total. The second-order valence-electron chi connectivity index (χ2n) is 4.46. The summed E-state index contributed by atoms with van der Waals surface area (Å²) < 4.78 is 5.14. The van der Waals surface area contributed by atoms with E-state index in [0.29, 0.717) is 11.6 Å². The molecular formula is C16H17ClN2O2. The molecule has 0 heterocycles. The van der Waals surface area contributed by atoms with E-state index in [2.05, 4.69) is 10.6 Å². The van der Waals surface area contributed by atoms with Gasteiger partial charge in [0.1, 0.15) is 5.75 Å². The van der Waals surface area contributed by atoms with E-state index in [1.807, 2.05) is 42.5 Å². The Morgan fingerprint density at radius 2 is 2.00 bits per heavy atom. The molecule has 0 aliphatic carbocycles. The summed E-state index contributed by atoms with van der Waals surface area (Å²) in [5, 5.41) is 6.44. The van der Waals surface area contributed by atoms with Gasteiger partial charge in [-0.3, -0.25) is 4.79 Å². The molecule has 21 heavy (non-hydrogen) atoms. The van der Waals surface area contributed by atoms with E-state index in [-0.39, 0.29) is 12.5 Å². The summed E-state index contributed by atoms with van der Waals surface area (Å²) in [6.45, 7) is 0.633. The van der Waals surface area contributed by atoms with Gasteiger partial charge in [0.05, 0.1) is 24.4 Å². The number of para-hydroxylation sites is 1. The van der Waals surface area contributed by atoms with E-state index >= 15 is 0 Å². The summed E-state index contributed by atoms with van der Waals surface area (Å²) in [6, 6.07) is 14.9. The predicted octanol–water partition coefficient (Wildman–Crippen LogP) is 3.08. The molecule has 4 nitrogen and oxygen atoms in total. The molecule has 0 aliphatic rings. The molecule has 2 aromatic rings. The normalized spacial score (nSPS) is 10.0. The van der Waals surface area contributed by atoms with Crippen LogP contribution in [0, 0.1) is 0 Å². The number of carbonyl (C=O) groups is 1. The van der Waals surface area contributed by atoms with Crippen LogP contribution in [0.5, 0.6) is 5.75 Å². The van der Waals surface area contributed by atoms with Gasteiger partial charge in [-0.25, -0.2) is 0 Å². The van der Waals surface area contributed by atoms with Crippen molar-refractivity contribution in [3.8, 4) is 5.75 Å². The van der Waals surface area contributed by atoms with Crippen molar-refractivity contribution in [1.82, 2.24) is 5.32 Å². The van der Waals surface area contributed by atoms with Crippen LogP contribution >= 0.6 is 11.6 Å². The summed E-state index contributed by atoms with van der Waals surface area (Å²) in [5.41, 5.74) is 1.73. The molecule has 0 saturated heterocycles. The highest BCUT2D eigenvalue weighted by Crippen LogP contribution is 2.19. The van der Waals surface area contributed by atoms with Gasteiger partial charge < -0.3 is 15.4 Å². The Morgan fingerprint density at radius 3 is 2.76 bits per heavy atom. The molecule has 0 radical (unpaired) electrons. The Morgan fingerprint density at radius 1 is 1.19 bits per heavy atom. The molecule has 0 saturated carbocycles. The number of hydrogen-bond acceptors (Lipinski definition) is 3. The Labute approximate surface area is 129 Å². The van der Waals surface area contributed by atoms with E-state index in [4.69, 9.17) is 16.3 Å². The zero-order valence-corrected chi connectivity index (χ0v) is 12.5. The maximum absolute atomic E-state index is 11.8. The monoisotopic (exact) mass is 304 g/mol. The van der Waals surface area contributed by atoms with Crippen molar-refractivity contribution in [1.29, 1.82) is 0 Å². The molecule has 2 aromatic carbocycles. The molecule has 0 atom stereocenters. The van der Waals surface area contributed by atoms with Crippen molar-refractivity contribution in [2.24, 2.45) is 0 Å². The first kappa shape index (κ1) is 15.2. The van der Waals surface area contributed by atoms with Crippen molar-refractivity contribution < 1.29 is 9.53 Å². The van der Waals surface area contributed by atoms with Crippen molar-refractivity contribution in [2.45, 2.75) is 6.54 Å². The first-order valence-corrected chi connectivity index (χ1v) is 6.95. The molecule has 2 rings (SSSR count). The fourth-order valence-corrected chi connectivity index (χ4v) is 2.03. The Hall–Kier alpha value is -2.20. The molecular weight excluding hydrogens is 288 g/mol. The van der Waals surface area contributed by atoms with E-state index < -0.39 is 0 Å². The number of ether oxygens (including phenoxy) is 1. The second kappa shape index (κ2) is 7.55. The van der Waals surface area contributed by atoms with Gasteiger partial charge in [0.2, 0.25) is 5.91 Å². The van der Waals surface area contributed by atoms with Gasteiger partial charge in [-0.1, -0.05) is 35.9 Å². The maximum Gasteiger partial charge on any atom is 0.239 e. The number of methoxy groups -OCH3 is 1. The summed E-state index contributed by atoms with van der Waals surface area (Å²) in [4.78, 5) is 11.8. The van der Waals surface area contributed by atoms with Crippen LogP contribution in [0.1, 0.15) is 5.56 Å². The second-order valence-corrected chi connectivity index (χ2v) is 4.87. The summed E-state index contributed by atoms with van der Waals surface area (Å²) in [7, 11) is 1.62. The highest BCUT2D eigenvalue weighted by atomic mass is 35.5. The van der Waals surface area contributed by atoms with Crippen molar-refractivity contribution >= 4 is 23.2 Å². The minimum absolute atomic E-state index is 0.0993. The number of carbonyl (C=O) groups excluding carboxylic acids is 1. The van der Waals surface area contributed by atoms with Crippen LogP contribution in [0.25, 0.3) is 0 Å². The topological polar surface area (TPSA) is 50.4 Å². The fraction of sp³-hybridized carbons (Fsp3) is 0.188. The van der Waals surface area contributed by atoms with Crippen LogP contribution in [0.3, 0.4) is 0 Å². The molecule has 110 valence electrons. The lowest BCUT2D eigenvalue weighted by molar-refractivity contribution is -0.119. The number of amides is 1. The number of rotatable bonds is 6. The number of nitrogens with one attached hydrogen (secondary N) is 2. The van der Waals surface area contributed by atoms with Crippen LogP contribution in [0.4, 0.5) is 5.69 Å². The van der Waals surface area contributed by atoms with Gasteiger partial charge in [0, 0.05) is 6.54 Å². The summed E-state index contributed by atoms with van der Waals surface area (Å²) >= 11 is 6.01. The summed E-state index contributed by atoms with van der Waals surface area (Å²) in [5.74, 6) is 0.675. The van der Waals surface area contributed by atoms with Gasteiger partial charge in [0.15, 0.2) is 0 Å². The van der Waals surface area contributed by atoms with E-state index in [0.717, 1.165) is 17.0 Å². The zero-order valence-electron chi connectivity index (χ0n) is 11.7. The SMILES string of the molecule is COc1cccc(CNC(=O)CNc2ccccc2Cl)c1. The van der Waals surface area contributed by atoms with Gasteiger partial charge in [0.25, 0.3) is 0 Å². The fourth-order valence-electron chi connectivity index (χ4n) is 1.83. The van der Waals surface area contributed by atoms with Gasteiger partial charge in [-0.2, -0.15) is 0 Å².